The van der Waals surface area contributed by atoms with Gasteiger partial charge in [-0.3, -0.25) is 4.79 Å². The van der Waals surface area contributed by atoms with Crippen molar-refractivity contribution in [2.45, 2.75) is 26.3 Å². The van der Waals surface area contributed by atoms with E-state index in [9.17, 15) is 13.2 Å². The van der Waals surface area contributed by atoms with Crippen LogP contribution in [0.2, 0.25) is 5.02 Å². The van der Waals surface area contributed by atoms with Crippen LogP contribution in [0.15, 0.2) is 36.4 Å². The molecule has 4 nitrogen and oxygen atoms in total. The Hall–Kier alpha value is -1.33. The summed E-state index contributed by atoms with van der Waals surface area (Å²) in [4.78, 5) is 11.9. The largest absolute Gasteiger partial charge is 0.348 e. The zero-order valence-electron chi connectivity index (χ0n) is 12.2. The average molecular weight is 330 g/mol. The molecule has 1 atom stereocenters. The lowest BCUT2D eigenvalue weighted by Crippen LogP contribution is -2.34. The van der Waals surface area contributed by atoms with Gasteiger partial charge in [0.2, 0.25) is 5.91 Å². The van der Waals surface area contributed by atoms with Crippen molar-refractivity contribution in [3.8, 4) is 0 Å². The van der Waals surface area contributed by atoms with Crippen LogP contribution in [-0.2, 0) is 14.6 Å². The van der Waals surface area contributed by atoms with Crippen molar-refractivity contribution in [2.24, 2.45) is 0 Å². The first-order chi connectivity index (χ1) is 9.88. The van der Waals surface area contributed by atoms with Gasteiger partial charge in [-0.25, -0.2) is 8.42 Å². The van der Waals surface area contributed by atoms with Crippen molar-refractivity contribution in [3.63, 3.8) is 0 Å². The molecule has 0 aliphatic heterocycles. The van der Waals surface area contributed by atoms with E-state index in [0.717, 1.165) is 5.56 Å². The van der Waals surface area contributed by atoms with Gasteiger partial charge in [-0.2, -0.15) is 0 Å². The lowest BCUT2D eigenvalue weighted by atomic mass is 10.0. The summed E-state index contributed by atoms with van der Waals surface area (Å²) in [6, 6.07) is 6.92. The number of amides is 1. The number of allylic oxidation sites excluding steroid dienone is 1. The maximum atomic E-state index is 11.9. The third kappa shape index (κ3) is 6.31. The van der Waals surface area contributed by atoms with Crippen molar-refractivity contribution < 1.29 is 13.2 Å². The molecule has 1 N–H and O–H groups in total. The molecule has 116 valence electrons. The maximum absolute atomic E-state index is 11.9. The number of sulfone groups is 1. The highest BCUT2D eigenvalue weighted by Crippen LogP contribution is 2.19. The summed E-state index contributed by atoms with van der Waals surface area (Å²) in [7, 11) is -3.41. The number of halogens is 1. The number of benzene rings is 1. The molecule has 21 heavy (non-hydrogen) atoms. The van der Waals surface area contributed by atoms with Gasteiger partial charge in [-0.05, 0) is 31.0 Å². The minimum absolute atomic E-state index is 0.116. The first-order valence-electron chi connectivity index (χ1n) is 6.74. The van der Waals surface area contributed by atoms with Gasteiger partial charge in [-0.1, -0.05) is 42.8 Å². The van der Waals surface area contributed by atoms with E-state index in [4.69, 9.17) is 11.6 Å². The Kier molecular flexibility index (Phi) is 6.92. The van der Waals surface area contributed by atoms with Crippen molar-refractivity contribution in [1.29, 1.82) is 0 Å². The van der Waals surface area contributed by atoms with E-state index in [1.165, 1.54) is 6.08 Å². The predicted molar refractivity (Wildman–Crippen MR) is 86.1 cm³/mol. The molecule has 1 aromatic rings. The Bertz CT molecular complexity index is 594. The van der Waals surface area contributed by atoms with E-state index in [0.29, 0.717) is 11.4 Å². The molecule has 1 rings (SSSR count). The van der Waals surface area contributed by atoms with Gasteiger partial charge >= 0.3 is 0 Å². The van der Waals surface area contributed by atoms with Crippen LogP contribution in [-0.4, -0.2) is 25.8 Å². The number of nitrogens with one attached hydrogen (secondary N) is 1. The molecule has 0 spiro atoms. The smallest absolute Gasteiger partial charge is 0.235 e. The fourth-order valence-electron chi connectivity index (χ4n) is 1.85. The zero-order chi connectivity index (χ0) is 15.9. The second-order valence-corrected chi connectivity index (χ2v) is 7.25. The van der Waals surface area contributed by atoms with Crippen LogP contribution in [0.4, 0.5) is 0 Å². The molecule has 0 aromatic heterocycles. The lowest BCUT2D eigenvalue weighted by Gasteiger charge is -2.17. The van der Waals surface area contributed by atoms with Crippen LogP contribution in [0.3, 0.4) is 0 Å². The lowest BCUT2D eigenvalue weighted by molar-refractivity contribution is -0.119. The van der Waals surface area contributed by atoms with Crippen LogP contribution in [0.1, 0.15) is 31.9 Å². The second kappa shape index (κ2) is 8.20. The molecule has 0 saturated heterocycles. The molecule has 1 amide bonds. The summed E-state index contributed by atoms with van der Waals surface area (Å²) in [6.07, 6.45) is 3.85. The number of carbonyl (C=O) groups is 1. The minimum atomic E-state index is -3.41. The first kappa shape index (κ1) is 17.7. The molecule has 0 bridgehead atoms. The monoisotopic (exact) mass is 329 g/mol. The van der Waals surface area contributed by atoms with E-state index in [2.05, 4.69) is 5.32 Å². The van der Waals surface area contributed by atoms with Crippen LogP contribution in [0, 0.1) is 0 Å². The van der Waals surface area contributed by atoms with E-state index in [1.54, 1.807) is 25.1 Å². The molecule has 1 aromatic carbocycles. The molecular weight excluding hydrogens is 310 g/mol. The first-order valence-corrected chi connectivity index (χ1v) is 8.94. The van der Waals surface area contributed by atoms with Gasteiger partial charge in [0.1, 0.15) is 5.75 Å². The van der Waals surface area contributed by atoms with Crippen LogP contribution >= 0.6 is 11.6 Å². The number of carbonyl (C=O) groups excluding carboxylic acids is 1. The predicted octanol–water partition coefficient (Wildman–Crippen LogP) is 2.90. The maximum Gasteiger partial charge on any atom is 0.235 e. The average Bonchev–Trinajstić information content (AvgIpc) is 2.43. The van der Waals surface area contributed by atoms with Crippen LogP contribution in [0.5, 0.6) is 0 Å². The van der Waals surface area contributed by atoms with Crippen LogP contribution < -0.4 is 5.32 Å². The Labute approximate surface area is 131 Å². The van der Waals surface area contributed by atoms with E-state index in [1.807, 2.05) is 19.1 Å². The molecule has 0 radical (unpaired) electrons. The standard InChI is InChI=1S/C15H20ClNO3S/c1-3-5-10-21(19,20)11-15(18)17-14(4-2)12-6-8-13(16)9-7-12/h3,5-9,14H,4,10-11H2,1-2H3,(H,17,18)/b5-3+/t14-/m1/s1. The molecule has 0 aliphatic carbocycles. The van der Waals surface area contributed by atoms with Gasteiger partial charge in [0.15, 0.2) is 9.84 Å². The van der Waals surface area contributed by atoms with Crippen molar-refractivity contribution >= 4 is 27.3 Å². The van der Waals surface area contributed by atoms with Crippen molar-refractivity contribution in [1.82, 2.24) is 5.32 Å². The molecule has 0 heterocycles. The number of hydrogen-bond donors (Lipinski definition) is 1. The summed E-state index contributed by atoms with van der Waals surface area (Å²) >= 11 is 5.83. The summed E-state index contributed by atoms with van der Waals surface area (Å²) in [5.41, 5.74) is 0.904. The third-order valence-corrected chi connectivity index (χ3v) is 4.61. The van der Waals surface area contributed by atoms with Gasteiger partial charge in [0, 0.05) is 5.02 Å². The third-order valence-electron chi connectivity index (χ3n) is 2.95. The summed E-state index contributed by atoms with van der Waals surface area (Å²) in [5.74, 6) is -1.10. The molecule has 0 unspecified atom stereocenters. The fraction of sp³-hybridized carbons (Fsp3) is 0.400. The summed E-state index contributed by atoms with van der Waals surface area (Å²) in [6.45, 7) is 3.66. The second-order valence-electron chi connectivity index (χ2n) is 4.70. The molecule has 0 aliphatic rings. The normalized spacial score (nSPS) is 13.3. The minimum Gasteiger partial charge on any atom is -0.348 e. The van der Waals surface area contributed by atoms with Gasteiger partial charge in [0.25, 0.3) is 0 Å². The Morgan fingerprint density at radius 1 is 1.33 bits per heavy atom. The highest BCUT2D eigenvalue weighted by Gasteiger charge is 2.18. The SMILES string of the molecule is C/C=C/CS(=O)(=O)CC(=O)N[C@H](CC)c1ccc(Cl)cc1. The Balaban J connectivity index is 2.69. The summed E-state index contributed by atoms with van der Waals surface area (Å²) < 4.78 is 23.4. The van der Waals surface area contributed by atoms with Gasteiger partial charge in [-0.15, -0.1) is 0 Å². The quantitative estimate of drug-likeness (QED) is 0.782. The van der Waals surface area contributed by atoms with Gasteiger partial charge in [0.05, 0.1) is 11.8 Å². The Morgan fingerprint density at radius 3 is 2.48 bits per heavy atom. The molecule has 0 fully saturated rings. The van der Waals surface area contributed by atoms with Crippen LogP contribution in [0.25, 0.3) is 0 Å². The fourth-order valence-corrected chi connectivity index (χ4v) is 3.07. The van der Waals surface area contributed by atoms with E-state index in [-0.39, 0.29) is 11.8 Å². The highest BCUT2D eigenvalue weighted by atomic mass is 35.5. The van der Waals surface area contributed by atoms with E-state index < -0.39 is 21.5 Å². The zero-order valence-corrected chi connectivity index (χ0v) is 13.7. The molecule has 6 heteroatoms. The number of hydrogen-bond acceptors (Lipinski definition) is 3. The Morgan fingerprint density at radius 2 is 1.95 bits per heavy atom. The number of rotatable bonds is 7. The van der Waals surface area contributed by atoms with Gasteiger partial charge < -0.3 is 5.32 Å². The van der Waals surface area contributed by atoms with Crippen molar-refractivity contribution in [3.05, 3.63) is 47.0 Å². The highest BCUT2D eigenvalue weighted by molar-refractivity contribution is 7.92. The summed E-state index contributed by atoms with van der Waals surface area (Å²) in [5, 5.41) is 3.37. The topological polar surface area (TPSA) is 63.2 Å². The van der Waals surface area contributed by atoms with E-state index >= 15 is 0 Å². The van der Waals surface area contributed by atoms with Crippen molar-refractivity contribution in [2.75, 3.05) is 11.5 Å². The molecular formula is C15H20ClNO3S. The molecule has 0 saturated carbocycles.